The predicted molar refractivity (Wildman–Crippen MR) is 81.0 cm³/mol. The molecule has 0 amide bonds. The SMILES string of the molecule is CCOC(=O)c1ccccc1CCc1ccccc1C. The van der Waals surface area contributed by atoms with Crippen LogP contribution in [0.4, 0.5) is 0 Å². The van der Waals surface area contributed by atoms with Gasteiger partial charge in [0.2, 0.25) is 0 Å². The molecule has 0 aliphatic heterocycles. The lowest BCUT2D eigenvalue weighted by atomic mass is 9.97. The first-order chi connectivity index (χ1) is 9.72. The first-order valence-electron chi connectivity index (χ1n) is 7.02. The van der Waals surface area contributed by atoms with Crippen molar-refractivity contribution in [2.75, 3.05) is 6.61 Å². The Morgan fingerprint density at radius 3 is 2.25 bits per heavy atom. The summed E-state index contributed by atoms with van der Waals surface area (Å²) in [5.74, 6) is -0.229. The maximum atomic E-state index is 11.9. The molecule has 2 heteroatoms. The Morgan fingerprint density at radius 1 is 0.950 bits per heavy atom. The molecule has 0 radical (unpaired) electrons. The molecule has 2 nitrogen and oxygen atoms in total. The van der Waals surface area contributed by atoms with Crippen LogP contribution in [0.15, 0.2) is 48.5 Å². The largest absolute Gasteiger partial charge is 0.462 e. The molecular weight excluding hydrogens is 248 g/mol. The number of rotatable bonds is 5. The third-order valence-electron chi connectivity index (χ3n) is 3.44. The van der Waals surface area contributed by atoms with Crippen molar-refractivity contribution in [3.05, 3.63) is 70.8 Å². The second-order valence-electron chi connectivity index (χ2n) is 4.80. The molecule has 0 aromatic heterocycles. The molecule has 0 unspecified atom stereocenters. The van der Waals surface area contributed by atoms with Gasteiger partial charge in [0.15, 0.2) is 0 Å². The van der Waals surface area contributed by atoms with E-state index in [1.807, 2.05) is 37.3 Å². The molecule has 0 spiro atoms. The summed E-state index contributed by atoms with van der Waals surface area (Å²) in [6.45, 7) is 4.35. The summed E-state index contributed by atoms with van der Waals surface area (Å²) in [5, 5.41) is 0. The van der Waals surface area contributed by atoms with E-state index in [0.29, 0.717) is 12.2 Å². The van der Waals surface area contributed by atoms with Gasteiger partial charge >= 0.3 is 5.97 Å². The Bertz CT molecular complexity index is 587. The number of carbonyl (C=O) groups excluding carboxylic acids is 1. The molecule has 0 saturated carbocycles. The number of ether oxygens (including phenoxy) is 1. The van der Waals surface area contributed by atoms with Gasteiger partial charge in [-0.05, 0) is 49.4 Å². The number of aryl methyl sites for hydroxylation is 3. The van der Waals surface area contributed by atoms with Crippen LogP contribution < -0.4 is 0 Å². The van der Waals surface area contributed by atoms with Crippen molar-refractivity contribution in [2.45, 2.75) is 26.7 Å². The Balaban J connectivity index is 2.14. The standard InChI is InChI=1S/C18H20O2/c1-3-20-18(19)17-11-7-6-10-16(17)13-12-15-9-5-4-8-14(15)2/h4-11H,3,12-13H2,1-2H3. The molecule has 0 aliphatic rings. The monoisotopic (exact) mass is 268 g/mol. The smallest absolute Gasteiger partial charge is 0.338 e. The quantitative estimate of drug-likeness (QED) is 0.767. The van der Waals surface area contributed by atoms with Crippen LogP contribution in [0.2, 0.25) is 0 Å². The topological polar surface area (TPSA) is 26.3 Å². The lowest BCUT2D eigenvalue weighted by Gasteiger charge is -2.10. The van der Waals surface area contributed by atoms with E-state index >= 15 is 0 Å². The minimum absolute atomic E-state index is 0.229. The highest BCUT2D eigenvalue weighted by Gasteiger charge is 2.11. The van der Waals surface area contributed by atoms with Gasteiger partial charge in [-0.1, -0.05) is 42.5 Å². The van der Waals surface area contributed by atoms with Gasteiger partial charge in [0.1, 0.15) is 0 Å². The van der Waals surface area contributed by atoms with Gasteiger partial charge in [-0.3, -0.25) is 0 Å². The zero-order valence-corrected chi connectivity index (χ0v) is 12.1. The van der Waals surface area contributed by atoms with E-state index in [4.69, 9.17) is 4.74 Å². The van der Waals surface area contributed by atoms with Gasteiger partial charge in [0.25, 0.3) is 0 Å². The molecule has 0 N–H and O–H groups in total. The third kappa shape index (κ3) is 3.47. The Kier molecular flexibility index (Phi) is 4.94. The zero-order valence-electron chi connectivity index (χ0n) is 12.1. The van der Waals surface area contributed by atoms with Gasteiger partial charge < -0.3 is 4.74 Å². The lowest BCUT2D eigenvalue weighted by molar-refractivity contribution is 0.0525. The zero-order chi connectivity index (χ0) is 14.4. The first-order valence-corrected chi connectivity index (χ1v) is 7.02. The van der Waals surface area contributed by atoms with Crippen molar-refractivity contribution < 1.29 is 9.53 Å². The van der Waals surface area contributed by atoms with Gasteiger partial charge in [-0.15, -0.1) is 0 Å². The fourth-order valence-corrected chi connectivity index (χ4v) is 2.31. The average Bonchev–Trinajstić information content (AvgIpc) is 2.47. The number of hydrogen-bond donors (Lipinski definition) is 0. The Hall–Kier alpha value is -2.09. The highest BCUT2D eigenvalue weighted by Crippen LogP contribution is 2.15. The summed E-state index contributed by atoms with van der Waals surface area (Å²) in [6.07, 6.45) is 1.78. The fraction of sp³-hybridized carbons (Fsp3) is 0.278. The van der Waals surface area contributed by atoms with Crippen LogP contribution in [0.5, 0.6) is 0 Å². The summed E-state index contributed by atoms with van der Waals surface area (Å²) >= 11 is 0. The lowest BCUT2D eigenvalue weighted by Crippen LogP contribution is -2.08. The molecule has 2 aromatic rings. The number of benzene rings is 2. The summed E-state index contributed by atoms with van der Waals surface area (Å²) in [7, 11) is 0. The Morgan fingerprint density at radius 2 is 1.55 bits per heavy atom. The van der Waals surface area contributed by atoms with Crippen molar-refractivity contribution in [3.8, 4) is 0 Å². The van der Waals surface area contributed by atoms with Crippen molar-refractivity contribution >= 4 is 5.97 Å². The fourth-order valence-electron chi connectivity index (χ4n) is 2.31. The van der Waals surface area contributed by atoms with Crippen LogP contribution in [0, 0.1) is 6.92 Å². The molecular formula is C18H20O2. The van der Waals surface area contributed by atoms with E-state index in [1.165, 1.54) is 11.1 Å². The molecule has 0 saturated heterocycles. The second-order valence-corrected chi connectivity index (χ2v) is 4.80. The molecule has 0 heterocycles. The van der Waals surface area contributed by atoms with E-state index in [2.05, 4.69) is 25.1 Å². The van der Waals surface area contributed by atoms with Gasteiger partial charge in [0, 0.05) is 0 Å². The predicted octanol–water partition coefficient (Wildman–Crippen LogP) is 3.96. The molecule has 20 heavy (non-hydrogen) atoms. The van der Waals surface area contributed by atoms with E-state index in [1.54, 1.807) is 0 Å². The molecule has 0 atom stereocenters. The van der Waals surface area contributed by atoms with Crippen molar-refractivity contribution in [1.82, 2.24) is 0 Å². The van der Waals surface area contributed by atoms with Crippen LogP contribution >= 0.6 is 0 Å². The number of esters is 1. The van der Waals surface area contributed by atoms with Crippen LogP contribution in [0.1, 0.15) is 34.0 Å². The average molecular weight is 268 g/mol. The second kappa shape index (κ2) is 6.90. The van der Waals surface area contributed by atoms with E-state index in [0.717, 1.165) is 18.4 Å². The van der Waals surface area contributed by atoms with Gasteiger partial charge in [0.05, 0.1) is 12.2 Å². The highest BCUT2D eigenvalue weighted by molar-refractivity contribution is 5.91. The molecule has 2 aromatic carbocycles. The van der Waals surface area contributed by atoms with E-state index in [9.17, 15) is 4.79 Å². The molecule has 0 bridgehead atoms. The molecule has 104 valence electrons. The van der Waals surface area contributed by atoms with Crippen LogP contribution in [0.25, 0.3) is 0 Å². The maximum Gasteiger partial charge on any atom is 0.338 e. The van der Waals surface area contributed by atoms with Crippen LogP contribution in [-0.2, 0) is 17.6 Å². The van der Waals surface area contributed by atoms with Crippen LogP contribution in [0.3, 0.4) is 0 Å². The van der Waals surface area contributed by atoms with Crippen molar-refractivity contribution in [2.24, 2.45) is 0 Å². The summed E-state index contributed by atoms with van der Waals surface area (Å²) in [5.41, 5.74) is 4.35. The summed E-state index contributed by atoms with van der Waals surface area (Å²) in [6, 6.07) is 16.1. The van der Waals surface area contributed by atoms with E-state index < -0.39 is 0 Å². The Labute approximate surface area is 120 Å². The van der Waals surface area contributed by atoms with Crippen LogP contribution in [-0.4, -0.2) is 12.6 Å². The maximum absolute atomic E-state index is 11.9. The van der Waals surface area contributed by atoms with Gasteiger partial charge in [-0.25, -0.2) is 4.79 Å². The molecule has 2 rings (SSSR count). The highest BCUT2D eigenvalue weighted by atomic mass is 16.5. The van der Waals surface area contributed by atoms with Gasteiger partial charge in [-0.2, -0.15) is 0 Å². The minimum Gasteiger partial charge on any atom is -0.462 e. The molecule has 0 aliphatic carbocycles. The van der Waals surface area contributed by atoms with Crippen molar-refractivity contribution in [1.29, 1.82) is 0 Å². The molecule has 0 fully saturated rings. The summed E-state index contributed by atoms with van der Waals surface area (Å²) in [4.78, 5) is 11.9. The van der Waals surface area contributed by atoms with Crippen molar-refractivity contribution in [3.63, 3.8) is 0 Å². The third-order valence-corrected chi connectivity index (χ3v) is 3.44. The van der Waals surface area contributed by atoms with E-state index in [-0.39, 0.29) is 5.97 Å². The number of carbonyl (C=O) groups is 1. The first kappa shape index (κ1) is 14.3. The minimum atomic E-state index is -0.229. The number of hydrogen-bond acceptors (Lipinski definition) is 2. The normalized spacial score (nSPS) is 10.3. The summed E-state index contributed by atoms with van der Waals surface area (Å²) < 4.78 is 5.11.